The third-order valence-electron chi connectivity index (χ3n) is 3.85. The van der Waals surface area contributed by atoms with E-state index in [1.54, 1.807) is 0 Å². The molecule has 1 fully saturated rings. The molecule has 1 rings (SSSR count). The first-order chi connectivity index (χ1) is 7.76. The van der Waals surface area contributed by atoms with Gasteiger partial charge >= 0.3 is 0 Å². The Labute approximate surface area is 102 Å². The molecule has 16 heavy (non-hydrogen) atoms. The van der Waals surface area contributed by atoms with Gasteiger partial charge in [0.05, 0.1) is 0 Å². The highest BCUT2D eigenvalue weighted by molar-refractivity contribution is 4.95. The summed E-state index contributed by atoms with van der Waals surface area (Å²) in [7, 11) is 0. The van der Waals surface area contributed by atoms with E-state index in [4.69, 9.17) is 5.73 Å². The summed E-state index contributed by atoms with van der Waals surface area (Å²) < 4.78 is 0. The van der Waals surface area contributed by atoms with Crippen LogP contribution in [0.1, 0.15) is 58.8 Å². The molecule has 0 aromatic heterocycles. The Morgan fingerprint density at radius 1 is 1.06 bits per heavy atom. The molecule has 0 aliphatic heterocycles. The predicted octanol–water partition coefficient (Wildman–Crippen LogP) is 3.02. The summed E-state index contributed by atoms with van der Waals surface area (Å²) in [6, 6.07) is 0. The molecule has 1 saturated carbocycles. The van der Waals surface area contributed by atoms with E-state index in [9.17, 15) is 0 Å². The maximum absolute atomic E-state index is 5.71. The van der Waals surface area contributed by atoms with Gasteiger partial charge in [-0.05, 0) is 57.2 Å². The molecule has 96 valence electrons. The minimum atomic E-state index is 0.621. The van der Waals surface area contributed by atoms with Crippen LogP contribution in [0.3, 0.4) is 0 Å². The van der Waals surface area contributed by atoms with Crippen molar-refractivity contribution in [1.29, 1.82) is 0 Å². The Morgan fingerprint density at radius 3 is 2.00 bits per heavy atom. The van der Waals surface area contributed by atoms with Crippen LogP contribution in [-0.2, 0) is 0 Å². The maximum Gasteiger partial charge on any atom is 0.00385 e. The number of hydrogen-bond acceptors (Lipinski definition) is 2. The molecule has 0 bridgehead atoms. The highest BCUT2D eigenvalue weighted by atomic mass is 15.1. The molecule has 2 heteroatoms. The van der Waals surface area contributed by atoms with Gasteiger partial charge in [0.2, 0.25) is 0 Å². The molecule has 0 aromatic rings. The second-order valence-corrected chi connectivity index (χ2v) is 5.52. The number of hydrogen-bond donors (Lipinski definition) is 1. The third kappa shape index (κ3) is 4.84. The fraction of sp³-hybridized carbons (Fsp3) is 1.00. The SMILES string of the molecule is CCCCN(CCCC)CC1(CCN)CC1. The van der Waals surface area contributed by atoms with Gasteiger partial charge < -0.3 is 10.6 Å². The summed E-state index contributed by atoms with van der Waals surface area (Å²) in [6.07, 6.45) is 9.39. The summed E-state index contributed by atoms with van der Waals surface area (Å²) in [6.45, 7) is 9.33. The molecule has 0 heterocycles. The molecule has 0 saturated heterocycles. The largest absolute Gasteiger partial charge is 0.330 e. The Balaban J connectivity index is 2.30. The highest BCUT2D eigenvalue weighted by Gasteiger charge is 2.42. The highest BCUT2D eigenvalue weighted by Crippen LogP contribution is 2.49. The van der Waals surface area contributed by atoms with Gasteiger partial charge in [0.1, 0.15) is 0 Å². The third-order valence-corrected chi connectivity index (χ3v) is 3.85. The molecule has 1 aliphatic rings. The zero-order chi connectivity index (χ0) is 11.9. The number of nitrogens with zero attached hydrogens (tertiary/aromatic N) is 1. The summed E-state index contributed by atoms with van der Waals surface area (Å²) in [5.74, 6) is 0. The van der Waals surface area contributed by atoms with Gasteiger partial charge in [-0.15, -0.1) is 0 Å². The Kier molecular flexibility index (Phi) is 6.37. The van der Waals surface area contributed by atoms with E-state index in [-0.39, 0.29) is 0 Å². The van der Waals surface area contributed by atoms with Gasteiger partial charge in [0.15, 0.2) is 0 Å². The van der Waals surface area contributed by atoms with Gasteiger partial charge in [0.25, 0.3) is 0 Å². The Bertz CT molecular complexity index is 168. The molecule has 0 amide bonds. The van der Waals surface area contributed by atoms with Crippen LogP contribution in [0.5, 0.6) is 0 Å². The van der Waals surface area contributed by atoms with Crippen LogP contribution in [0.25, 0.3) is 0 Å². The van der Waals surface area contributed by atoms with Crippen molar-refractivity contribution in [3.8, 4) is 0 Å². The number of unbranched alkanes of at least 4 members (excludes halogenated alkanes) is 2. The summed E-state index contributed by atoms with van der Waals surface area (Å²) in [5, 5.41) is 0. The minimum Gasteiger partial charge on any atom is -0.330 e. The summed E-state index contributed by atoms with van der Waals surface area (Å²) in [4.78, 5) is 2.69. The Morgan fingerprint density at radius 2 is 1.62 bits per heavy atom. The van der Waals surface area contributed by atoms with E-state index in [1.807, 2.05) is 0 Å². The average Bonchev–Trinajstić information content (AvgIpc) is 3.03. The van der Waals surface area contributed by atoms with Crippen molar-refractivity contribution < 1.29 is 0 Å². The molecular weight excluding hydrogens is 196 g/mol. The molecule has 1 aliphatic carbocycles. The monoisotopic (exact) mass is 226 g/mol. The zero-order valence-corrected chi connectivity index (χ0v) is 11.3. The van der Waals surface area contributed by atoms with E-state index in [0.717, 1.165) is 6.54 Å². The average molecular weight is 226 g/mol. The van der Waals surface area contributed by atoms with Gasteiger partial charge in [-0.3, -0.25) is 0 Å². The van der Waals surface area contributed by atoms with Gasteiger partial charge in [-0.2, -0.15) is 0 Å². The van der Waals surface area contributed by atoms with Crippen molar-refractivity contribution in [2.75, 3.05) is 26.2 Å². The lowest BCUT2D eigenvalue weighted by Gasteiger charge is -2.27. The quantitative estimate of drug-likeness (QED) is 0.620. The van der Waals surface area contributed by atoms with Crippen LogP contribution in [-0.4, -0.2) is 31.1 Å². The molecule has 2 N–H and O–H groups in total. The summed E-state index contributed by atoms with van der Waals surface area (Å²) >= 11 is 0. The van der Waals surface area contributed by atoms with Crippen LogP contribution in [0.15, 0.2) is 0 Å². The van der Waals surface area contributed by atoms with Crippen LogP contribution in [0.2, 0.25) is 0 Å². The number of rotatable bonds is 10. The van der Waals surface area contributed by atoms with Crippen molar-refractivity contribution in [1.82, 2.24) is 4.90 Å². The first-order valence-electron chi connectivity index (χ1n) is 7.19. The molecule has 2 nitrogen and oxygen atoms in total. The van der Waals surface area contributed by atoms with E-state index in [0.29, 0.717) is 5.41 Å². The van der Waals surface area contributed by atoms with E-state index < -0.39 is 0 Å². The van der Waals surface area contributed by atoms with Crippen molar-refractivity contribution in [2.45, 2.75) is 58.8 Å². The first kappa shape index (κ1) is 14.0. The zero-order valence-electron chi connectivity index (χ0n) is 11.3. The molecule has 0 radical (unpaired) electrons. The molecule has 0 unspecified atom stereocenters. The second-order valence-electron chi connectivity index (χ2n) is 5.52. The molecule has 0 aromatic carbocycles. The fourth-order valence-corrected chi connectivity index (χ4v) is 2.48. The molecule has 0 spiro atoms. The van der Waals surface area contributed by atoms with Gasteiger partial charge in [-0.25, -0.2) is 0 Å². The lowest BCUT2D eigenvalue weighted by Crippen LogP contribution is -2.33. The Hall–Kier alpha value is -0.0800. The maximum atomic E-state index is 5.71. The van der Waals surface area contributed by atoms with Crippen molar-refractivity contribution in [3.63, 3.8) is 0 Å². The first-order valence-corrected chi connectivity index (χ1v) is 7.19. The number of nitrogens with two attached hydrogens (primary N) is 1. The van der Waals surface area contributed by atoms with Gasteiger partial charge in [0, 0.05) is 6.54 Å². The van der Waals surface area contributed by atoms with Crippen molar-refractivity contribution in [2.24, 2.45) is 11.1 Å². The van der Waals surface area contributed by atoms with Crippen LogP contribution in [0.4, 0.5) is 0 Å². The van der Waals surface area contributed by atoms with E-state index in [1.165, 1.54) is 64.6 Å². The minimum absolute atomic E-state index is 0.621. The molecule has 0 atom stereocenters. The topological polar surface area (TPSA) is 29.3 Å². The fourth-order valence-electron chi connectivity index (χ4n) is 2.48. The van der Waals surface area contributed by atoms with Gasteiger partial charge in [-0.1, -0.05) is 26.7 Å². The second kappa shape index (κ2) is 7.29. The van der Waals surface area contributed by atoms with Crippen LogP contribution in [0, 0.1) is 5.41 Å². The van der Waals surface area contributed by atoms with E-state index >= 15 is 0 Å². The molecular formula is C14H30N2. The predicted molar refractivity (Wildman–Crippen MR) is 71.6 cm³/mol. The summed E-state index contributed by atoms with van der Waals surface area (Å²) in [5.41, 5.74) is 6.33. The smallest absolute Gasteiger partial charge is 0.00385 e. The lowest BCUT2D eigenvalue weighted by atomic mass is 10.0. The standard InChI is InChI=1S/C14H30N2/c1-3-5-11-16(12-6-4-2)13-14(7-8-14)9-10-15/h3-13,15H2,1-2H3. The van der Waals surface area contributed by atoms with E-state index in [2.05, 4.69) is 18.7 Å². The van der Waals surface area contributed by atoms with Crippen LogP contribution < -0.4 is 5.73 Å². The lowest BCUT2D eigenvalue weighted by molar-refractivity contribution is 0.208. The van der Waals surface area contributed by atoms with Crippen LogP contribution >= 0.6 is 0 Å². The normalized spacial score (nSPS) is 18.0. The van der Waals surface area contributed by atoms with Crippen molar-refractivity contribution >= 4 is 0 Å². The van der Waals surface area contributed by atoms with Crippen molar-refractivity contribution in [3.05, 3.63) is 0 Å².